The van der Waals surface area contributed by atoms with Crippen LogP contribution in [0.2, 0.25) is 0 Å². The molecule has 1 amide bonds. The van der Waals surface area contributed by atoms with Crippen LogP contribution >= 0.6 is 0 Å². The molecule has 0 bridgehead atoms. The van der Waals surface area contributed by atoms with Crippen molar-refractivity contribution in [3.63, 3.8) is 0 Å². The molecule has 5 heteroatoms. The molecule has 2 rings (SSSR count). The minimum Gasteiger partial charge on any atom is -0.494 e. The number of rotatable bonds is 8. The molecule has 0 radical (unpaired) electrons. The Bertz CT molecular complexity index is 718. The van der Waals surface area contributed by atoms with Gasteiger partial charge in [-0.05, 0) is 48.9 Å². The van der Waals surface area contributed by atoms with Crippen LogP contribution in [0, 0.1) is 11.3 Å². The van der Waals surface area contributed by atoms with Crippen LogP contribution in [0.5, 0.6) is 5.75 Å². The van der Waals surface area contributed by atoms with Crippen molar-refractivity contribution in [2.45, 2.75) is 19.9 Å². The van der Waals surface area contributed by atoms with Gasteiger partial charge in [0.25, 0.3) is 5.91 Å². The number of anilines is 1. The van der Waals surface area contributed by atoms with Crippen molar-refractivity contribution in [1.29, 1.82) is 5.26 Å². The molecule has 0 aliphatic rings. The largest absolute Gasteiger partial charge is 0.494 e. The van der Waals surface area contributed by atoms with Crippen molar-refractivity contribution >= 4 is 11.6 Å². The Hall–Kier alpha value is -2.84. The zero-order chi connectivity index (χ0) is 18.1. The Kier molecular flexibility index (Phi) is 7.00. The van der Waals surface area contributed by atoms with E-state index in [0.29, 0.717) is 19.6 Å². The number of ether oxygens (including phenoxy) is 1. The Morgan fingerprint density at radius 3 is 2.36 bits per heavy atom. The highest BCUT2D eigenvalue weighted by atomic mass is 16.5. The molecular formula is C20H24N3O2+. The van der Waals surface area contributed by atoms with Crippen LogP contribution in [0.25, 0.3) is 0 Å². The van der Waals surface area contributed by atoms with Crippen molar-refractivity contribution in [1.82, 2.24) is 0 Å². The number of likely N-dealkylation sites (N-methyl/N-ethyl adjacent to an activating group) is 1. The molecule has 5 nitrogen and oxygen atoms in total. The minimum atomic E-state index is -0.0310. The number of benzene rings is 2. The number of hydrogen-bond acceptors (Lipinski definition) is 3. The van der Waals surface area contributed by atoms with E-state index in [4.69, 9.17) is 10.00 Å². The summed E-state index contributed by atoms with van der Waals surface area (Å²) in [7, 11) is 1.99. The van der Waals surface area contributed by atoms with Gasteiger partial charge in [-0.1, -0.05) is 12.1 Å². The van der Waals surface area contributed by atoms with Crippen molar-refractivity contribution in [3.8, 4) is 11.8 Å². The lowest BCUT2D eigenvalue weighted by atomic mass is 10.1. The van der Waals surface area contributed by atoms with Crippen LogP contribution < -0.4 is 15.0 Å². The molecule has 0 aliphatic heterocycles. The predicted molar refractivity (Wildman–Crippen MR) is 97.5 cm³/mol. The standard InChI is InChI=1S/C20H23N3O2/c1-3-25-19-10-6-17(7-11-19)14-23(2)15-20(24)22-18-8-4-16(5-9-18)12-13-21/h4-11H,3,12,14-15H2,1-2H3,(H,22,24)/p+1. The molecule has 2 aromatic rings. The second-order valence-corrected chi connectivity index (χ2v) is 5.97. The third-order valence-electron chi connectivity index (χ3n) is 3.72. The van der Waals surface area contributed by atoms with Gasteiger partial charge >= 0.3 is 0 Å². The van der Waals surface area contributed by atoms with Crippen molar-refractivity contribution in [3.05, 3.63) is 59.7 Å². The van der Waals surface area contributed by atoms with E-state index in [-0.39, 0.29) is 5.91 Å². The summed E-state index contributed by atoms with van der Waals surface area (Å²) in [6.07, 6.45) is 0.378. The summed E-state index contributed by atoms with van der Waals surface area (Å²) < 4.78 is 5.43. The van der Waals surface area contributed by atoms with Crippen LogP contribution in [0.15, 0.2) is 48.5 Å². The van der Waals surface area contributed by atoms with Gasteiger partial charge in [0.15, 0.2) is 6.54 Å². The van der Waals surface area contributed by atoms with E-state index in [9.17, 15) is 4.79 Å². The monoisotopic (exact) mass is 338 g/mol. The van der Waals surface area contributed by atoms with Gasteiger partial charge in [-0.25, -0.2) is 0 Å². The topological polar surface area (TPSA) is 66.6 Å². The molecule has 0 saturated heterocycles. The second-order valence-electron chi connectivity index (χ2n) is 5.97. The molecule has 0 aromatic heterocycles. The van der Waals surface area contributed by atoms with Gasteiger partial charge in [0.2, 0.25) is 0 Å². The number of hydrogen-bond donors (Lipinski definition) is 2. The first-order chi connectivity index (χ1) is 12.1. The van der Waals surface area contributed by atoms with Crippen LogP contribution in [0.1, 0.15) is 18.1 Å². The second kappa shape index (κ2) is 9.45. The fraction of sp³-hybridized carbons (Fsp3) is 0.300. The van der Waals surface area contributed by atoms with Gasteiger partial charge in [0.1, 0.15) is 12.3 Å². The number of amides is 1. The van der Waals surface area contributed by atoms with E-state index in [2.05, 4.69) is 11.4 Å². The quantitative estimate of drug-likeness (QED) is 0.771. The minimum absolute atomic E-state index is 0.0310. The highest BCUT2D eigenvalue weighted by Gasteiger charge is 2.11. The first-order valence-corrected chi connectivity index (χ1v) is 8.39. The fourth-order valence-electron chi connectivity index (χ4n) is 2.56. The molecule has 0 saturated carbocycles. The van der Waals surface area contributed by atoms with Crippen LogP contribution in [-0.2, 0) is 17.8 Å². The smallest absolute Gasteiger partial charge is 0.279 e. The number of nitrogens with one attached hydrogen (secondary N) is 2. The van der Waals surface area contributed by atoms with Gasteiger partial charge in [0, 0.05) is 11.3 Å². The molecule has 2 N–H and O–H groups in total. The summed E-state index contributed by atoms with van der Waals surface area (Å²) in [6, 6.07) is 17.4. The summed E-state index contributed by atoms with van der Waals surface area (Å²) in [5.74, 6) is 0.831. The number of nitrogens with zero attached hydrogens (tertiary/aromatic N) is 1. The lowest BCUT2D eigenvalue weighted by Crippen LogP contribution is -3.08. The van der Waals surface area contributed by atoms with Crippen molar-refractivity contribution in [2.75, 3.05) is 25.5 Å². The van der Waals surface area contributed by atoms with Gasteiger partial charge in [-0.2, -0.15) is 5.26 Å². The lowest BCUT2D eigenvalue weighted by Gasteiger charge is -2.14. The van der Waals surface area contributed by atoms with E-state index in [1.165, 1.54) is 0 Å². The Labute approximate surface area is 148 Å². The van der Waals surface area contributed by atoms with Crippen LogP contribution in [0.3, 0.4) is 0 Å². The van der Waals surface area contributed by atoms with E-state index < -0.39 is 0 Å². The van der Waals surface area contributed by atoms with E-state index in [1.807, 2.05) is 62.5 Å². The Morgan fingerprint density at radius 2 is 1.76 bits per heavy atom. The van der Waals surface area contributed by atoms with Crippen molar-refractivity contribution in [2.24, 2.45) is 0 Å². The van der Waals surface area contributed by atoms with Gasteiger partial charge in [-0.15, -0.1) is 0 Å². The maximum Gasteiger partial charge on any atom is 0.279 e. The predicted octanol–water partition coefficient (Wildman–Crippen LogP) is 1.80. The SMILES string of the molecule is CCOc1ccc(C[NH+](C)CC(=O)Nc2ccc(CC#N)cc2)cc1. The van der Waals surface area contributed by atoms with Gasteiger partial charge < -0.3 is 15.0 Å². The van der Waals surface area contributed by atoms with E-state index in [0.717, 1.165) is 34.0 Å². The Morgan fingerprint density at radius 1 is 1.12 bits per heavy atom. The first kappa shape index (κ1) is 18.5. The molecule has 1 atom stereocenters. The first-order valence-electron chi connectivity index (χ1n) is 8.39. The molecule has 25 heavy (non-hydrogen) atoms. The Balaban J connectivity index is 1.82. The number of carbonyl (C=O) groups excluding carboxylic acids is 1. The summed E-state index contributed by atoms with van der Waals surface area (Å²) in [5.41, 5.74) is 2.86. The highest BCUT2D eigenvalue weighted by molar-refractivity contribution is 5.91. The maximum atomic E-state index is 12.2. The maximum absolute atomic E-state index is 12.2. The third-order valence-corrected chi connectivity index (χ3v) is 3.72. The molecule has 2 aromatic carbocycles. The molecule has 0 fully saturated rings. The number of quaternary nitrogens is 1. The van der Waals surface area contributed by atoms with Crippen LogP contribution in [-0.4, -0.2) is 26.1 Å². The number of nitriles is 1. The van der Waals surface area contributed by atoms with E-state index in [1.54, 1.807) is 0 Å². The normalized spacial score (nSPS) is 11.4. The summed E-state index contributed by atoms with van der Waals surface area (Å²) in [4.78, 5) is 13.3. The van der Waals surface area contributed by atoms with Gasteiger partial charge in [0.05, 0.1) is 26.1 Å². The molecule has 0 spiro atoms. The van der Waals surface area contributed by atoms with Crippen LogP contribution in [0.4, 0.5) is 5.69 Å². The molecule has 1 unspecified atom stereocenters. The van der Waals surface area contributed by atoms with E-state index >= 15 is 0 Å². The summed E-state index contributed by atoms with van der Waals surface area (Å²) in [5, 5.41) is 11.6. The van der Waals surface area contributed by atoms with Gasteiger partial charge in [-0.3, -0.25) is 4.79 Å². The fourth-order valence-corrected chi connectivity index (χ4v) is 2.56. The highest BCUT2D eigenvalue weighted by Crippen LogP contribution is 2.11. The van der Waals surface area contributed by atoms with Crippen molar-refractivity contribution < 1.29 is 14.4 Å². The molecule has 0 aliphatic carbocycles. The lowest BCUT2D eigenvalue weighted by molar-refractivity contribution is -0.885. The zero-order valence-electron chi connectivity index (χ0n) is 14.7. The molecule has 130 valence electrons. The molecular weight excluding hydrogens is 314 g/mol. The third kappa shape index (κ3) is 6.28. The zero-order valence-corrected chi connectivity index (χ0v) is 14.7. The average Bonchev–Trinajstić information content (AvgIpc) is 2.59. The number of carbonyl (C=O) groups is 1. The molecule has 0 heterocycles. The summed E-state index contributed by atoms with van der Waals surface area (Å²) >= 11 is 0. The average molecular weight is 338 g/mol. The summed E-state index contributed by atoms with van der Waals surface area (Å²) in [6.45, 7) is 3.76.